The molecule has 1 aromatic heterocycles. The van der Waals surface area contributed by atoms with Crippen LogP contribution >= 0.6 is 0 Å². The van der Waals surface area contributed by atoms with Gasteiger partial charge in [-0.15, -0.1) is 0 Å². The molecule has 0 fully saturated rings. The van der Waals surface area contributed by atoms with Crippen LogP contribution in [0.25, 0.3) is 0 Å². The van der Waals surface area contributed by atoms with E-state index in [0.717, 1.165) is 18.9 Å². The Labute approximate surface area is 106 Å². The van der Waals surface area contributed by atoms with Gasteiger partial charge in [-0.3, -0.25) is 0 Å². The molecule has 0 aliphatic rings. The molecule has 0 saturated carbocycles. The quantitative estimate of drug-likeness (QED) is 0.704. The van der Waals surface area contributed by atoms with E-state index in [1.54, 1.807) is 7.11 Å². The molecule has 1 heterocycles. The lowest BCUT2D eigenvalue weighted by molar-refractivity contribution is 0.193. The van der Waals surface area contributed by atoms with Crippen molar-refractivity contribution in [2.45, 2.75) is 19.8 Å². The molecule has 0 radical (unpaired) electrons. The smallest absolute Gasteiger partial charge is 0.168 e. The van der Waals surface area contributed by atoms with Gasteiger partial charge in [0.15, 0.2) is 23.3 Å². The molecule has 1 aromatic rings. The predicted octanol–water partition coefficient (Wildman–Crippen LogP) is 2.63. The highest BCUT2D eigenvalue weighted by atomic mass is 19.1. The van der Waals surface area contributed by atoms with E-state index in [-0.39, 0.29) is 11.6 Å². The van der Waals surface area contributed by atoms with Crippen molar-refractivity contribution in [3.05, 3.63) is 17.7 Å². The molecule has 0 aliphatic carbocycles. The highest BCUT2D eigenvalue weighted by Gasteiger charge is 2.10. The van der Waals surface area contributed by atoms with E-state index >= 15 is 0 Å². The van der Waals surface area contributed by atoms with Gasteiger partial charge >= 0.3 is 0 Å². The summed E-state index contributed by atoms with van der Waals surface area (Å²) in [4.78, 5) is 3.88. The van der Waals surface area contributed by atoms with E-state index in [0.29, 0.717) is 19.7 Å². The van der Waals surface area contributed by atoms with Gasteiger partial charge in [0.2, 0.25) is 0 Å². The first kappa shape index (κ1) is 14.6. The van der Waals surface area contributed by atoms with Crippen LogP contribution in [0.2, 0.25) is 0 Å². The van der Waals surface area contributed by atoms with Crippen LogP contribution in [0.1, 0.15) is 19.8 Å². The summed E-state index contributed by atoms with van der Waals surface area (Å²) in [5, 5.41) is 5.59. The number of nitrogens with zero attached hydrogens (tertiary/aromatic N) is 1. The Bertz CT molecular complexity index is 375. The molecule has 6 heteroatoms. The van der Waals surface area contributed by atoms with Crippen LogP contribution in [0.5, 0.6) is 0 Å². The van der Waals surface area contributed by atoms with Crippen LogP contribution < -0.4 is 10.6 Å². The van der Waals surface area contributed by atoms with Crippen molar-refractivity contribution in [1.29, 1.82) is 0 Å². The molecule has 102 valence electrons. The topological polar surface area (TPSA) is 46.2 Å². The third-order valence-electron chi connectivity index (χ3n) is 2.34. The van der Waals surface area contributed by atoms with Crippen molar-refractivity contribution in [3.63, 3.8) is 0 Å². The third kappa shape index (κ3) is 4.44. The zero-order valence-electron chi connectivity index (χ0n) is 10.7. The molecule has 0 saturated heterocycles. The lowest BCUT2D eigenvalue weighted by Gasteiger charge is -2.10. The number of pyridine rings is 1. The number of anilines is 2. The number of methoxy groups -OCH3 is 1. The van der Waals surface area contributed by atoms with Crippen molar-refractivity contribution in [3.8, 4) is 0 Å². The molecular weight excluding hydrogens is 240 g/mol. The maximum absolute atomic E-state index is 13.4. The van der Waals surface area contributed by atoms with E-state index < -0.39 is 11.6 Å². The number of halogens is 2. The van der Waals surface area contributed by atoms with E-state index in [4.69, 9.17) is 4.74 Å². The average Bonchev–Trinajstić information content (AvgIpc) is 2.34. The fourth-order valence-electron chi connectivity index (χ4n) is 1.46. The molecule has 2 N–H and O–H groups in total. The number of hydrogen-bond donors (Lipinski definition) is 2. The van der Waals surface area contributed by atoms with Crippen molar-refractivity contribution in [2.24, 2.45) is 0 Å². The summed E-state index contributed by atoms with van der Waals surface area (Å²) in [6.45, 7) is 3.60. The standard InChI is InChI=1S/C12H19F2N3O/c1-3-15-11-9(13)8-10(14)12(17-11)16-6-4-5-7-18-2/h8H,3-7H2,1-2H3,(H2,15,16,17). The zero-order chi connectivity index (χ0) is 13.4. The van der Waals surface area contributed by atoms with Gasteiger partial charge < -0.3 is 15.4 Å². The molecule has 1 rings (SSSR count). The Balaban J connectivity index is 2.56. The Morgan fingerprint density at radius 2 is 1.83 bits per heavy atom. The molecular formula is C12H19F2N3O. The van der Waals surface area contributed by atoms with E-state index in [9.17, 15) is 8.78 Å². The third-order valence-corrected chi connectivity index (χ3v) is 2.34. The van der Waals surface area contributed by atoms with Crippen LogP contribution in [0.3, 0.4) is 0 Å². The second-order valence-corrected chi connectivity index (χ2v) is 3.81. The van der Waals surface area contributed by atoms with Gasteiger partial charge in [0, 0.05) is 32.9 Å². The average molecular weight is 259 g/mol. The molecule has 4 nitrogen and oxygen atoms in total. The van der Waals surface area contributed by atoms with Crippen molar-refractivity contribution in [1.82, 2.24) is 4.98 Å². The van der Waals surface area contributed by atoms with Crippen LogP contribution in [-0.2, 0) is 4.74 Å². The molecule has 0 aromatic carbocycles. The molecule has 0 spiro atoms. The summed E-state index contributed by atoms with van der Waals surface area (Å²) in [7, 11) is 1.64. The second-order valence-electron chi connectivity index (χ2n) is 3.81. The van der Waals surface area contributed by atoms with E-state index in [1.807, 2.05) is 6.92 Å². The SMILES string of the molecule is CCNc1nc(NCCCCOC)c(F)cc1F. The Morgan fingerprint density at radius 3 is 2.44 bits per heavy atom. The van der Waals surface area contributed by atoms with Crippen molar-refractivity contribution >= 4 is 11.6 Å². The Morgan fingerprint density at radius 1 is 1.17 bits per heavy atom. The first-order valence-electron chi connectivity index (χ1n) is 6.01. The van der Waals surface area contributed by atoms with Gasteiger partial charge in [0.05, 0.1) is 0 Å². The minimum absolute atomic E-state index is 0.0679. The summed E-state index contributed by atoms with van der Waals surface area (Å²) in [6.07, 6.45) is 1.72. The first-order valence-corrected chi connectivity index (χ1v) is 6.01. The second kappa shape index (κ2) is 7.81. The summed E-state index contributed by atoms with van der Waals surface area (Å²) >= 11 is 0. The minimum Gasteiger partial charge on any atom is -0.385 e. The first-order chi connectivity index (χ1) is 8.69. The maximum Gasteiger partial charge on any atom is 0.168 e. The van der Waals surface area contributed by atoms with E-state index in [1.165, 1.54) is 0 Å². The number of rotatable bonds is 8. The van der Waals surface area contributed by atoms with Crippen LogP contribution in [0.15, 0.2) is 6.07 Å². The van der Waals surface area contributed by atoms with Crippen LogP contribution in [-0.4, -0.2) is 31.8 Å². The zero-order valence-corrected chi connectivity index (χ0v) is 10.7. The Kier molecular flexibility index (Phi) is 6.35. The molecule has 18 heavy (non-hydrogen) atoms. The molecule has 0 aliphatic heterocycles. The van der Waals surface area contributed by atoms with Crippen LogP contribution in [0, 0.1) is 11.6 Å². The normalized spacial score (nSPS) is 10.4. The number of unbranched alkanes of at least 4 members (excludes halogenated alkanes) is 1. The summed E-state index contributed by atoms with van der Waals surface area (Å²) in [5.74, 6) is -1.22. The summed E-state index contributed by atoms with van der Waals surface area (Å²) in [5.41, 5.74) is 0. The number of hydrogen-bond acceptors (Lipinski definition) is 4. The molecule has 0 unspecified atom stereocenters. The fourth-order valence-corrected chi connectivity index (χ4v) is 1.46. The molecule has 0 amide bonds. The minimum atomic E-state index is -0.681. The highest BCUT2D eigenvalue weighted by molar-refractivity contribution is 5.47. The lowest BCUT2D eigenvalue weighted by Crippen LogP contribution is -2.10. The summed E-state index contributed by atoms with van der Waals surface area (Å²) < 4.78 is 31.6. The largest absolute Gasteiger partial charge is 0.385 e. The van der Waals surface area contributed by atoms with Gasteiger partial charge in [-0.05, 0) is 19.8 Å². The van der Waals surface area contributed by atoms with E-state index in [2.05, 4.69) is 15.6 Å². The monoisotopic (exact) mass is 259 g/mol. The highest BCUT2D eigenvalue weighted by Crippen LogP contribution is 2.18. The maximum atomic E-state index is 13.4. The van der Waals surface area contributed by atoms with Gasteiger partial charge in [0.25, 0.3) is 0 Å². The number of nitrogens with one attached hydrogen (secondary N) is 2. The van der Waals surface area contributed by atoms with Crippen LogP contribution in [0.4, 0.5) is 20.4 Å². The van der Waals surface area contributed by atoms with Gasteiger partial charge in [-0.2, -0.15) is 0 Å². The predicted molar refractivity (Wildman–Crippen MR) is 67.9 cm³/mol. The van der Waals surface area contributed by atoms with Crippen molar-refractivity contribution < 1.29 is 13.5 Å². The number of ether oxygens (including phenoxy) is 1. The van der Waals surface area contributed by atoms with Gasteiger partial charge in [0.1, 0.15) is 0 Å². The number of aromatic nitrogens is 1. The van der Waals surface area contributed by atoms with Crippen molar-refractivity contribution in [2.75, 3.05) is 37.4 Å². The molecule has 0 bridgehead atoms. The fraction of sp³-hybridized carbons (Fsp3) is 0.583. The molecule has 0 atom stereocenters. The Hall–Kier alpha value is -1.43. The van der Waals surface area contributed by atoms with Gasteiger partial charge in [-0.1, -0.05) is 0 Å². The van der Waals surface area contributed by atoms with Gasteiger partial charge in [-0.25, -0.2) is 13.8 Å². The summed E-state index contributed by atoms with van der Waals surface area (Å²) in [6, 6.07) is 0.836. The lowest BCUT2D eigenvalue weighted by atomic mass is 10.3.